The van der Waals surface area contributed by atoms with Gasteiger partial charge in [0.05, 0.1) is 4.92 Å². The molecule has 28 heavy (non-hydrogen) atoms. The van der Waals surface area contributed by atoms with Crippen LogP contribution in [0.5, 0.6) is 5.75 Å². The van der Waals surface area contributed by atoms with Crippen molar-refractivity contribution < 1.29 is 14.5 Å². The Bertz CT molecular complexity index is 1000. The second-order valence-corrected chi connectivity index (χ2v) is 6.56. The van der Waals surface area contributed by atoms with Crippen LogP contribution in [-0.4, -0.2) is 17.4 Å². The predicted molar refractivity (Wildman–Crippen MR) is 109 cm³/mol. The topological polar surface area (TPSA) is 81.5 Å². The molecule has 3 aromatic carbocycles. The number of benzene rings is 3. The van der Waals surface area contributed by atoms with Crippen LogP contribution >= 0.6 is 11.6 Å². The van der Waals surface area contributed by atoms with Crippen molar-refractivity contribution in [2.45, 2.75) is 6.92 Å². The number of nitrogens with one attached hydrogen (secondary N) is 1. The average Bonchev–Trinajstić information content (AvgIpc) is 2.68. The molecule has 0 radical (unpaired) electrons. The summed E-state index contributed by atoms with van der Waals surface area (Å²) in [7, 11) is 0. The van der Waals surface area contributed by atoms with E-state index in [0.717, 1.165) is 16.7 Å². The largest absolute Gasteiger partial charge is 0.483 e. The van der Waals surface area contributed by atoms with Crippen LogP contribution in [0.2, 0.25) is 5.02 Å². The summed E-state index contributed by atoms with van der Waals surface area (Å²) in [4.78, 5) is 22.4. The van der Waals surface area contributed by atoms with Gasteiger partial charge in [-0.05, 0) is 66.1 Å². The molecule has 7 heteroatoms. The lowest BCUT2D eigenvalue weighted by molar-refractivity contribution is -0.384. The van der Waals surface area contributed by atoms with Crippen LogP contribution < -0.4 is 10.1 Å². The third-order valence-corrected chi connectivity index (χ3v) is 4.31. The minimum Gasteiger partial charge on any atom is -0.483 e. The van der Waals surface area contributed by atoms with Crippen LogP contribution in [0.15, 0.2) is 66.7 Å². The van der Waals surface area contributed by atoms with Gasteiger partial charge < -0.3 is 10.1 Å². The first kappa shape index (κ1) is 19.4. The Morgan fingerprint density at radius 1 is 1.04 bits per heavy atom. The number of amides is 1. The van der Waals surface area contributed by atoms with Gasteiger partial charge in [0.2, 0.25) is 0 Å². The number of hydrogen-bond donors (Lipinski definition) is 1. The molecule has 0 spiro atoms. The molecule has 3 aromatic rings. The molecule has 1 N–H and O–H groups in total. The zero-order valence-corrected chi connectivity index (χ0v) is 15.8. The first-order chi connectivity index (χ1) is 13.4. The molecule has 0 unspecified atom stereocenters. The van der Waals surface area contributed by atoms with Crippen molar-refractivity contribution in [2.24, 2.45) is 0 Å². The normalized spacial score (nSPS) is 10.4. The standard InChI is InChI=1S/C21H17ClN2O4/c1-14-12-17(22)6-11-20(14)28-13-21(25)23-18-7-2-15(3-8-18)16-4-9-19(10-5-16)24(26)27/h2-12H,13H2,1H3,(H,23,25). The van der Waals surface area contributed by atoms with Gasteiger partial charge >= 0.3 is 0 Å². The molecule has 3 rings (SSSR count). The molecule has 1 amide bonds. The van der Waals surface area contributed by atoms with Crippen LogP contribution in [-0.2, 0) is 4.79 Å². The zero-order valence-electron chi connectivity index (χ0n) is 15.0. The Labute approximate surface area is 166 Å². The number of nitro benzene ring substituents is 1. The second kappa shape index (κ2) is 8.54. The zero-order chi connectivity index (χ0) is 20.1. The molecule has 0 aliphatic carbocycles. The van der Waals surface area contributed by atoms with Gasteiger partial charge in [0.15, 0.2) is 6.61 Å². The van der Waals surface area contributed by atoms with Crippen molar-refractivity contribution in [3.05, 3.63) is 87.4 Å². The van der Waals surface area contributed by atoms with Crippen LogP contribution in [0.3, 0.4) is 0 Å². The molecule has 0 aliphatic heterocycles. The van der Waals surface area contributed by atoms with Crippen LogP contribution in [0.1, 0.15) is 5.56 Å². The number of ether oxygens (including phenoxy) is 1. The summed E-state index contributed by atoms with van der Waals surface area (Å²) in [6.45, 7) is 1.74. The number of nitrogens with zero attached hydrogens (tertiary/aromatic N) is 1. The van der Waals surface area contributed by atoms with Crippen LogP contribution in [0.4, 0.5) is 11.4 Å². The van der Waals surface area contributed by atoms with Gasteiger partial charge in [0.1, 0.15) is 5.75 Å². The fourth-order valence-electron chi connectivity index (χ4n) is 2.64. The Morgan fingerprint density at radius 2 is 1.64 bits per heavy atom. The van der Waals surface area contributed by atoms with E-state index in [1.807, 2.05) is 19.1 Å². The first-order valence-corrected chi connectivity index (χ1v) is 8.84. The molecule has 0 saturated heterocycles. The number of anilines is 1. The highest BCUT2D eigenvalue weighted by Crippen LogP contribution is 2.24. The lowest BCUT2D eigenvalue weighted by atomic mass is 10.1. The van der Waals surface area contributed by atoms with Crippen LogP contribution in [0.25, 0.3) is 11.1 Å². The number of hydrogen-bond acceptors (Lipinski definition) is 4. The molecule has 0 aliphatic rings. The summed E-state index contributed by atoms with van der Waals surface area (Å²) < 4.78 is 5.52. The minimum atomic E-state index is -0.435. The van der Waals surface area contributed by atoms with E-state index in [9.17, 15) is 14.9 Å². The van der Waals surface area contributed by atoms with Gasteiger partial charge in [-0.1, -0.05) is 23.7 Å². The maximum Gasteiger partial charge on any atom is 0.269 e. The van der Waals surface area contributed by atoms with Crippen molar-refractivity contribution in [1.29, 1.82) is 0 Å². The fraction of sp³-hybridized carbons (Fsp3) is 0.0952. The van der Waals surface area contributed by atoms with Crippen molar-refractivity contribution in [1.82, 2.24) is 0 Å². The molecule has 0 bridgehead atoms. The van der Waals surface area contributed by atoms with Gasteiger partial charge in [-0.2, -0.15) is 0 Å². The molecule has 0 atom stereocenters. The summed E-state index contributed by atoms with van der Waals surface area (Å²) in [5, 5.41) is 14.1. The van der Waals surface area contributed by atoms with Crippen LogP contribution in [0, 0.1) is 17.0 Å². The van der Waals surface area contributed by atoms with E-state index in [1.54, 1.807) is 42.5 Å². The van der Waals surface area contributed by atoms with E-state index in [0.29, 0.717) is 16.5 Å². The number of nitro groups is 1. The predicted octanol–water partition coefficient (Wildman–Crippen LogP) is 5.24. The van der Waals surface area contributed by atoms with E-state index in [2.05, 4.69) is 5.32 Å². The summed E-state index contributed by atoms with van der Waals surface area (Å²) in [5.41, 5.74) is 3.27. The quantitative estimate of drug-likeness (QED) is 0.456. The van der Waals surface area contributed by atoms with E-state index < -0.39 is 4.92 Å². The number of rotatable bonds is 6. The Hall–Kier alpha value is -3.38. The highest BCUT2D eigenvalue weighted by Gasteiger charge is 2.08. The lowest BCUT2D eigenvalue weighted by Crippen LogP contribution is -2.20. The maximum atomic E-state index is 12.1. The summed E-state index contributed by atoms with van der Waals surface area (Å²) >= 11 is 5.90. The minimum absolute atomic E-state index is 0.0450. The third-order valence-electron chi connectivity index (χ3n) is 4.08. The Morgan fingerprint density at radius 3 is 2.21 bits per heavy atom. The smallest absolute Gasteiger partial charge is 0.269 e. The van der Waals surface area contributed by atoms with Crippen molar-refractivity contribution in [3.63, 3.8) is 0 Å². The first-order valence-electron chi connectivity index (χ1n) is 8.46. The molecular weight excluding hydrogens is 380 g/mol. The van der Waals surface area contributed by atoms with Crippen molar-refractivity contribution in [2.75, 3.05) is 11.9 Å². The number of non-ortho nitro benzene ring substituents is 1. The number of carbonyl (C=O) groups excluding carboxylic acids is 1. The van der Waals surface area contributed by atoms with E-state index in [-0.39, 0.29) is 18.2 Å². The number of aryl methyl sites for hydroxylation is 1. The summed E-state index contributed by atoms with van der Waals surface area (Å²) in [6, 6.07) is 18.7. The molecule has 0 heterocycles. The van der Waals surface area contributed by atoms with E-state index in [1.165, 1.54) is 12.1 Å². The SMILES string of the molecule is Cc1cc(Cl)ccc1OCC(=O)Nc1ccc(-c2ccc([N+](=O)[O-])cc2)cc1. The molecular formula is C21H17ClN2O4. The maximum absolute atomic E-state index is 12.1. The van der Waals surface area contributed by atoms with Gasteiger partial charge in [0, 0.05) is 22.8 Å². The number of carbonyl (C=O) groups is 1. The molecule has 0 aromatic heterocycles. The van der Waals surface area contributed by atoms with Gasteiger partial charge in [-0.3, -0.25) is 14.9 Å². The van der Waals surface area contributed by atoms with Gasteiger partial charge in [-0.25, -0.2) is 0 Å². The summed E-state index contributed by atoms with van der Waals surface area (Å²) in [5.74, 6) is 0.325. The van der Waals surface area contributed by atoms with Crippen molar-refractivity contribution >= 4 is 28.9 Å². The fourth-order valence-corrected chi connectivity index (χ4v) is 2.86. The Balaban J connectivity index is 1.59. The van der Waals surface area contributed by atoms with Crippen molar-refractivity contribution in [3.8, 4) is 16.9 Å². The van der Waals surface area contributed by atoms with Gasteiger partial charge in [0.25, 0.3) is 11.6 Å². The number of halogens is 1. The van der Waals surface area contributed by atoms with E-state index in [4.69, 9.17) is 16.3 Å². The molecule has 142 valence electrons. The third kappa shape index (κ3) is 4.86. The Kier molecular flexibility index (Phi) is 5.91. The van der Waals surface area contributed by atoms with Gasteiger partial charge in [-0.15, -0.1) is 0 Å². The monoisotopic (exact) mass is 396 g/mol. The average molecular weight is 397 g/mol. The van der Waals surface area contributed by atoms with E-state index >= 15 is 0 Å². The molecule has 6 nitrogen and oxygen atoms in total. The second-order valence-electron chi connectivity index (χ2n) is 6.13. The highest BCUT2D eigenvalue weighted by molar-refractivity contribution is 6.30. The lowest BCUT2D eigenvalue weighted by Gasteiger charge is -2.10. The molecule has 0 saturated carbocycles. The molecule has 0 fully saturated rings. The highest BCUT2D eigenvalue weighted by atomic mass is 35.5. The summed E-state index contributed by atoms with van der Waals surface area (Å²) in [6.07, 6.45) is 0.